The summed E-state index contributed by atoms with van der Waals surface area (Å²) in [6.45, 7) is 3.81. The van der Waals surface area contributed by atoms with Gasteiger partial charge < -0.3 is 5.32 Å². The molecule has 7 nitrogen and oxygen atoms in total. The molecule has 0 radical (unpaired) electrons. The largest absolute Gasteiger partial charge is 0.351 e. The minimum absolute atomic E-state index is 0.00229. The number of benzene rings is 1. The van der Waals surface area contributed by atoms with Gasteiger partial charge in [-0.15, -0.1) is 0 Å². The molecular formula is C16H17FN4O3. The van der Waals surface area contributed by atoms with Gasteiger partial charge in [0.25, 0.3) is 0 Å². The van der Waals surface area contributed by atoms with Crippen molar-refractivity contribution in [3.8, 4) is 0 Å². The van der Waals surface area contributed by atoms with Gasteiger partial charge in [-0.05, 0) is 37.6 Å². The SMILES string of the molecule is Cc1nn(CCNC(=O)/C=C/c2ccc(F)cc2)c(C)c1[N+](=O)[O-]. The first-order valence-corrected chi connectivity index (χ1v) is 7.28. The van der Waals surface area contributed by atoms with Crippen LogP contribution in [0.2, 0.25) is 0 Å². The summed E-state index contributed by atoms with van der Waals surface area (Å²) in [5, 5.41) is 17.7. The number of amides is 1. The summed E-state index contributed by atoms with van der Waals surface area (Å²) in [4.78, 5) is 22.2. The first-order chi connectivity index (χ1) is 11.4. The Bertz CT molecular complexity index is 781. The molecular weight excluding hydrogens is 315 g/mol. The molecule has 0 aliphatic heterocycles. The summed E-state index contributed by atoms with van der Waals surface area (Å²) in [5.41, 5.74) is 1.51. The summed E-state index contributed by atoms with van der Waals surface area (Å²) < 4.78 is 14.3. The monoisotopic (exact) mass is 332 g/mol. The molecule has 1 aromatic carbocycles. The highest BCUT2D eigenvalue weighted by atomic mass is 19.1. The van der Waals surface area contributed by atoms with Crippen molar-refractivity contribution >= 4 is 17.7 Å². The molecule has 0 unspecified atom stereocenters. The average Bonchev–Trinajstić information content (AvgIpc) is 2.81. The predicted molar refractivity (Wildman–Crippen MR) is 86.8 cm³/mol. The average molecular weight is 332 g/mol. The first kappa shape index (κ1) is 17.3. The van der Waals surface area contributed by atoms with Crippen LogP contribution < -0.4 is 5.32 Å². The van der Waals surface area contributed by atoms with E-state index in [1.54, 1.807) is 32.1 Å². The number of carbonyl (C=O) groups is 1. The third-order valence-corrected chi connectivity index (χ3v) is 3.45. The van der Waals surface area contributed by atoms with Gasteiger partial charge in [0.15, 0.2) is 0 Å². The number of nitro groups is 1. The standard InChI is InChI=1S/C16H17FN4O3/c1-11-16(21(23)24)12(2)20(19-11)10-9-18-15(22)8-5-13-3-6-14(17)7-4-13/h3-8H,9-10H2,1-2H3,(H,18,22)/b8-5+. The maximum atomic E-state index is 12.8. The number of carbonyl (C=O) groups excluding carboxylic acids is 1. The summed E-state index contributed by atoms with van der Waals surface area (Å²) >= 11 is 0. The molecule has 2 rings (SSSR count). The number of halogens is 1. The van der Waals surface area contributed by atoms with E-state index in [1.807, 2.05) is 0 Å². The van der Waals surface area contributed by atoms with Crippen molar-refractivity contribution < 1.29 is 14.1 Å². The lowest BCUT2D eigenvalue weighted by Gasteiger charge is -2.04. The lowest BCUT2D eigenvalue weighted by Crippen LogP contribution is -2.26. The zero-order valence-corrected chi connectivity index (χ0v) is 13.3. The molecule has 0 atom stereocenters. The van der Waals surface area contributed by atoms with Crippen LogP contribution in [0, 0.1) is 29.8 Å². The van der Waals surface area contributed by atoms with Gasteiger partial charge in [-0.25, -0.2) is 4.39 Å². The van der Waals surface area contributed by atoms with Gasteiger partial charge in [0.2, 0.25) is 5.91 Å². The van der Waals surface area contributed by atoms with Crippen molar-refractivity contribution in [1.82, 2.24) is 15.1 Å². The number of rotatable bonds is 6. The normalized spacial score (nSPS) is 11.0. The maximum Gasteiger partial charge on any atom is 0.312 e. The van der Waals surface area contributed by atoms with Crippen molar-refractivity contribution in [3.63, 3.8) is 0 Å². The van der Waals surface area contributed by atoms with E-state index in [2.05, 4.69) is 10.4 Å². The van der Waals surface area contributed by atoms with E-state index < -0.39 is 4.92 Å². The molecule has 0 saturated carbocycles. The lowest BCUT2D eigenvalue weighted by atomic mass is 10.2. The number of aryl methyl sites for hydroxylation is 1. The molecule has 0 aliphatic carbocycles. The highest BCUT2D eigenvalue weighted by Gasteiger charge is 2.21. The Balaban J connectivity index is 1.88. The van der Waals surface area contributed by atoms with Crippen molar-refractivity contribution in [3.05, 3.63) is 63.2 Å². The summed E-state index contributed by atoms with van der Waals surface area (Å²) in [6.07, 6.45) is 2.92. The van der Waals surface area contributed by atoms with E-state index in [4.69, 9.17) is 0 Å². The second kappa shape index (κ2) is 7.49. The fraction of sp³-hybridized carbons (Fsp3) is 0.250. The Labute approximate surface area is 137 Å². The zero-order valence-electron chi connectivity index (χ0n) is 13.3. The molecule has 0 saturated heterocycles. The minimum Gasteiger partial charge on any atom is -0.351 e. The second-order valence-corrected chi connectivity index (χ2v) is 5.18. The van der Waals surface area contributed by atoms with Gasteiger partial charge in [-0.3, -0.25) is 19.6 Å². The molecule has 8 heteroatoms. The van der Waals surface area contributed by atoms with Crippen LogP contribution in [0.1, 0.15) is 17.0 Å². The van der Waals surface area contributed by atoms with Crippen LogP contribution in [0.15, 0.2) is 30.3 Å². The van der Waals surface area contributed by atoms with Crippen LogP contribution >= 0.6 is 0 Å². The molecule has 1 heterocycles. The number of hydrogen-bond donors (Lipinski definition) is 1. The Morgan fingerprint density at radius 3 is 2.62 bits per heavy atom. The molecule has 2 aromatic rings. The number of nitrogens with zero attached hydrogens (tertiary/aromatic N) is 3. The number of aromatic nitrogens is 2. The van der Waals surface area contributed by atoms with Gasteiger partial charge in [0, 0.05) is 12.6 Å². The Kier molecular flexibility index (Phi) is 5.41. The van der Waals surface area contributed by atoms with Crippen molar-refractivity contribution in [2.75, 3.05) is 6.54 Å². The zero-order chi connectivity index (χ0) is 17.7. The molecule has 126 valence electrons. The smallest absolute Gasteiger partial charge is 0.312 e. The second-order valence-electron chi connectivity index (χ2n) is 5.18. The van der Waals surface area contributed by atoms with Gasteiger partial charge in [-0.2, -0.15) is 5.10 Å². The number of hydrogen-bond acceptors (Lipinski definition) is 4. The predicted octanol–water partition coefficient (Wildman–Crippen LogP) is 2.38. The Hall–Kier alpha value is -3.03. The third kappa shape index (κ3) is 4.25. The summed E-state index contributed by atoms with van der Waals surface area (Å²) in [7, 11) is 0. The van der Waals surface area contributed by atoms with E-state index in [0.29, 0.717) is 23.5 Å². The van der Waals surface area contributed by atoms with E-state index in [0.717, 1.165) is 0 Å². The number of nitrogens with one attached hydrogen (secondary N) is 1. The quantitative estimate of drug-likeness (QED) is 0.499. The highest BCUT2D eigenvalue weighted by Crippen LogP contribution is 2.21. The maximum absolute atomic E-state index is 12.8. The van der Waals surface area contributed by atoms with E-state index in [-0.39, 0.29) is 24.0 Å². The van der Waals surface area contributed by atoms with Crippen molar-refractivity contribution in [2.24, 2.45) is 0 Å². The fourth-order valence-corrected chi connectivity index (χ4v) is 2.26. The molecule has 0 spiro atoms. The minimum atomic E-state index is -0.460. The van der Waals surface area contributed by atoms with Crippen molar-refractivity contribution in [2.45, 2.75) is 20.4 Å². The Morgan fingerprint density at radius 2 is 2.04 bits per heavy atom. The molecule has 1 amide bonds. The van der Waals surface area contributed by atoms with Gasteiger partial charge in [0.1, 0.15) is 17.2 Å². The van der Waals surface area contributed by atoms with E-state index >= 15 is 0 Å². The fourth-order valence-electron chi connectivity index (χ4n) is 2.26. The van der Waals surface area contributed by atoms with Gasteiger partial charge in [-0.1, -0.05) is 12.1 Å². The molecule has 24 heavy (non-hydrogen) atoms. The van der Waals surface area contributed by atoms with Crippen molar-refractivity contribution in [1.29, 1.82) is 0 Å². The molecule has 1 aromatic heterocycles. The first-order valence-electron chi connectivity index (χ1n) is 7.28. The van der Waals surface area contributed by atoms with Crippen LogP contribution in [0.25, 0.3) is 6.08 Å². The molecule has 1 N–H and O–H groups in total. The topological polar surface area (TPSA) is 90.1 Å². The van der Waals surface area contributed by atoms with Crippen LogP contribution in [-0.2, 0) is 11.3 Å². The van der Waals surface area contributed by atoms with Crippen LogP contribution in [0.3, 0.4) is 0 Å². The summed E-state index contributed by atoms with van der Waals surface area (Å²) in [6, 6.07) is 5.75. The van der Waals surface area contributed by atoms with Crippen LogP contribution in [0.5, 0.6) is 0 Å². The molecule has 0 bridgehead atoms. The molecule has 0 fully saturated rings. The molecule has 0 aliphatic rings. The lowest BCUT2D eigenvalue weighted by molar-refractivity contribution is -0.386. The highest BCUT2D eigenvalue weighted by molar-refractivity contribution is 5.91. The van der Waals surface area contributed by atoms with Gasteiger partial charge in [0.05, 0.1) is 11.5 Å². The van der Waals surface area contributed by atoms with Crippen LogP contribution in [-0.4, -0.2) is 27.2 Å². The van der Waals surface area contributed by atoms with E-state index in [9.17, 15) is 19.3 Å². The van der Waals surface area contributed by atoms with Gasteiger partial charge >= 0.3 is 5.69 Å². The third-order valence-electron chi connectivity index (χ3n) is 3.45. The Morgan fingerprint density at radius 1 is 1.38 bits per heavy atom. The summed E-state index contributed by atoms with van der Waals surface area (Å²) in [5.74, 6) is -0.647. The van der Waals surface area contributed by atoms with E-state index in [1.165, 1.54) is 22.9 Å². The van der Waals surface area contributed by atoms with Crippen LogP contribution in [0.4, 0.5) is 10.1 Å².